The van der Waals surface area contributed by atoms with E-state index in [1.54, 1.807) is 0 Å². The number of nitrogens with one attached hydrogen (secondary N) is 1. The van der Waals surface area contributed by atoms with E-state index in [1.807, 2.05) is 6.92 Å². The van der Waals surface area contributed by atoms with Gasteiger partial charge in [0.1, 0.15) is 5.54 Å². The molecular formula is C13H26N2O2. The maximum atomic E-state index is 9.06. The Morgan fingerprint density at radius 1 is 1.29 bits per heavy atom. The van der Waals surface area contributed by atoms with Gasteiger partial charge in [-0.25, -0.2) is 0 Å². The van der Waals surface area contributed by atoms with Crippen molar-refractivity contribution < 1.29 is 9.47 Å². The Morgan fingerprint density at radius 2 is 1.94 bits per heavy atom. The van der Waals surface area contributed by atoms with Gasteiger partial charge in [0, 0.05) is 6.61 Å². The Bertz CT molecular complexity index is 226. The highest BCUT2D eigenvalue weighted by Gasteiger charge is 2.22. The van der Waals surface area contributed by atoms with Crippen LogP contribution in [-0.4, -0.2) is 38.5 Å². The van der Waals surface area contributed by atoms with Crippen molar-refractivity contribution in [1.82, 2.24) is 5.32 Å². The maximum Gasteiger partial charge on any atom is 0.127 e. The molecule has 0 rings (SSSR count). The van der Waals surface area contributed by atoms with E-state index >= 15 is 0 Å². The second-order valence-electron chi connectivity index (χ2n) is 4.89. The van der Waals surface area contributed by atoms with E-state index in [2.05, 4.69) is 32.2 Å². The summed E-state index contributed by atoms with van der Waals surface area (Å²) in [5.41, 5.74) is -0.589. The van der Waals surface area contributed by atoms with E-state index in [0.717, 1.165) is 19.6 Å². The summed E-state index contributed by atoms with van der Waals surface area (Å²) in [6.45, 7) is 11.3. The van der Waals surface area contributed by atoms with Crippen LogP contribution in [0.1, 0.15) is 34.1 Å². The van der Waals surface area contributed by atoms with Crippen molar-refractivity contribution in [2.75, 3.05) is 33.0 Å². The highest BCUT2D eigenvalue weighted by Crippen LogP contribution is 2.03. The number of nitriles is 1. The summed E-state index contributed by atoms with van der Waals surface area (Å²) in [5.74, 6) is 0.547. The third-order valence-electron chi connectivity index (χ3n) is 2.23. The average Bonchev–Trinajstić information content (AvgIpc) is 2.30. The molecule has 1 N–H and O–H groups in total. The third kappa shape index (κ3) is 9.11. The topological polar surface area (TPSA) is 54.3 Å². The second kappa shape index (κ2) is 9.41. The zero-order chi connectivity index (χ0) is 13.1. The molecule has 0 radical (unpaired) electrons. The highest BCUT2D eigenvalue weighted by atomic mass is 16.5. The van der Waals surface area contributed by atoms with Gasteiger partial charge in [-0.1, -0.05) is 20.8 Å². The molecule has 0 aliphatic rings. The number of hydrogen-bond acceptors (Lipinski definition) is 4. The molecule has 0 saturated carbocycles. The third-order valence-corrected chi connectivity index (χ3v) is 2.23. The summed E-state index contributed by atoms with van der Waals surface area (Å²) >= 11 is 0. The van der Waals surface area contributed by atoms with Crippen LogP contribution in [0.3, 0.4) is 0 Å². The Morgan fingerprint density at radius 3 is 2.47 bits per heavy atom. The van der Waals surface area contributed by atoms with Gasteiger partial charge in [0.2, 0.25) is 0 Å². The van der Waals surface area contributed by atoms with Crippen molar-refractivity contribution >= 4 is 0 Å². The number of rotatable bonds is 10. The van der Waals surface area contributed by atoms with Gasteiger partial charge < -0.3 is 9.47 Å². The van der Waals surface area contributed by atoms with E-state index in [-0.39, 0.29) is 0 Å². The van der Waals surface area contributed by atoms with Crippen LogP contribution in [0.15, 0.2) is 0 Å². The van der Waals surface area contributed by atoms with Crippen LogP contribution in [-0.2, 0) is 9.47 Å². The molecule has 1 atom stereocenters. The number of hydrogen-bond donors (Lipinski definition) is 1. The summed E-state index contributed by atoms with van der Waals surface area (Å²) in [6.07, 6.45) is 1.01. The van der Waals surface area contributed by atoms with Gasteiger partial charge in [-0.15, -0.1) is 0 Å². The highest BCUT2D eigenvalue weighted by molar-refractivity contribution is 5.03. The molecule has 0 bridgehead atoms. The van der Waals surface area contributed by atoms with Crippen molar-refractivity contribution in [2.45, 2.75) is 39.7 Å². The lowest BCUT2D eigenvalue weighted by molar-refractivity contribution is 0.0244. The monoisotopic (exact) mass is 242 g/mol. The molecule has 0 amide bonds. The summed E-state index contributed by atoms with van der Waals surface area (Å²) < 4.78 is 10.9. The SMILES string of the molecule is CCCNC(C)(C#N)COCCOCC(C)C. The summed E-state index contributed by atoms with van der Waals surface area (Å²) in [5, 5.41) is 12.2. The van der Waals surface area contributed by atoms with Crippen molar-refractivity contribution in [3.8, 4) is 6.07 Å². The fourth-order valence-electron chi connectivity index (χ4n) is 1.24. The standard InChI is InChI=1S/C13H26N2O2/c1-5-6-15-13(4,10-14)11-17-8-7-16-9-12(2)3/h12,15H,5-9,11H2,1-4H3. The van der Waals surface area contributed by atoms with E-state index < -0.39 is 5.54 Å². The van der Waals surface area contributed by atoms with Gasteiger partial charge in [0.25, 0.3) is 0 Å². The van der Waals surface area contributed by atoms with Gasteiger partial charge in [-0.05, 0) is 25.8 Å². The molecule has 0 aromatic heterocycles. The molecule has 0 aromatic carbocycles. The van der Waals surface area contributed by atoms with E-state index in [9.17, 15) is 0 Å². The predicted octanol–water partition coefficient (Wildman–Crippen LogP) is 1.96. The minimum atomic E-state index is -0.589. The van der Waals surface area contributed by atoms with Gasteiger partial charge in [0.15, 0.2) is 0 Å². The molecule has 100 valence electrons. The molecule has 0 aliphatic carbocycles. The summed E-state index contributed by atoms with van der Waals surface area (Å²) in [4.78, 5) is 0. The lowest BCUT2D eigenvalue weighted by Gasteiger charge is -2.22. The summed E-state index contributed by atoms with van der Waals surface area (Å²) in [6, 6.07) is 2.25. The van der Waals surface area contributed by atoms with Crippen LogP contribution in [0.4, 0.5) is 0 Å². The minimum Gasteiger partial charge on any atom is -0.379 e. The van der Waals surface area contributed by atoms with Gasteiger partial charge in [0.05, 0.1) is 25.9 Å². The zero-order valence-electron chi connectivity index (χ0n) is 11.6. The lowest BCUT2D eigenvalue weighted by Crippen LogP contribution is -2.45. The summed E-state index contributed by atoms with van der Waals surface area (Å²) in [7, 11) is 0. The molecule has 0 aliphatic heterocycles. The number of nitrogens with zero attached hydrogens (tertiary/aromatic N) is 1. The molecule has 17 heavy (non-hydrogen) atoms. The Labute approximate surface area is 105 Å². The molecule has 0 saturated heterocycles. The van der Waals surface area contributed by atoms with Gasteiger partial charge in [-0.2, -0.15) is 5.26 Å². The molecule has 1 unspecified atom stereocenters. The van der Waals surface area contributed by atoms with Crippen molar-refractivity contribution in [2.24, 2.45) is 5.92 Å². The molecule has 0 spiro atoms. The largest absolute Gasteiger partial charge is 0.379 e. The van der Waals surface area contributed by atoms with Crippen LogP contribution < -0.4 is 5.32 Å². The van der Waals surface area contributed by atoms with Crippen LogP contribution in [0.2, 0.25) is 0 Å². The van der Waals surface area contributed by atoms with Crippen LogP contribution >= 0.6 is 0 Å². The first-order valence-electron chi connectivity index (χ1n) is 6.36. The van der Waals surface area contributed by atoms with E-state index in [1.165, 1.54) is 0 Å². The predicted molar refractivity (Wildman–Crippen MR) is 68.8 cm³/mol. The van der Waals surface area contributed by atoms with E-state index in [0.29, 0.717) is 25.7 Å². The van der Waals surface area contributed by atoms with Crippen molar-refractivity contribution in [1.29, 1.82) is 5.26 Å². The minimum absolute atomic E-state index is 0.397. The van der Waals surface area contributed by atoms with Gasteiger partial charge in [-0.3, -0.25) is 5.32 Å². The normalized spacial score (nSPS) is 14.6. The van der Waals surface area contributed by atoms with E-state index in [4.69, 9.17) is 14.7 Å². The van der Waals surface area contributed by atoms with Crippen LogP contribution in [0, 0.1) is 17.2 Å². The first-order valence-corrected chi connectivity index (χ1v) is 6.36. The van der Waals surface area contributed by atoms with Crippen LogP contribution in [0.25, 0.3) is 0 Å². The fraction of sp³-hybridized carbons (Fsp3) is 0.923. The van der Waals surface area contributed by atoms with Crippen molar-refractivity contribution in [3.05, 3.63) is 0 Å². The molecular weight excluding hydrogens is 216 g/mol. The molecule has 4 nitrogen and oxygen atoms in total. The first-order chi connectivity index (χ1) is 8.04. The Kier molecular flexibility index (Phi) is 9.06. The van der Waals surface area contributed by atoms with Gasteiger partial charge >= 0.3 is 0 Å². The fourth-order valence-corrected chi connectivity index (χ4v) is 1.24. The second-order valence-corrected chi connectivity index (χ2v) is 4.89. The molecule has 0 heterocycles. The number of ether oxygens (including phenoxy) is 2. The quantitative estimate of drug-likeness (QED) is 0.595. The first kappa shape index (κ1) is 16.4. The van der Waals surface area contributed by atoms with Crippen LogP contribution in [0.5, 0.6) is 0 Å². The maximum absolute atomic E-state index is 9.06. The average molecular weight is 242 g/mol. The molecule has 0 fully saturated rings. The zero-order valence-corrected chi connectivity index (χ0v) is 11.6. The molecule has 0 aromatic rings. The Balaban J connectivity index is 3.60. The molecule has 4 heteroatoms. The smallest absolute Gasteiger partial charge is 0.127 e. The Hall–Kier alpha value is -0.630. The van der Waals surface area contributed by atoms with Crippen molar-refractivity contribution in [3.63, 3.8) is 0 Å². The lowest BCUT2D eigenvalue weighted by atomic mass is 10.1.